The molecule has 0 fully saturated rings. The highest BCUT2D eigenvalue weighted by atomic mass is 16.5. The summed E-state index contributed by atoms with van der Waals surface area (Å²) in [5.74, 6) is 1.83. The molecule has 0 saturated carbocycles. The van der Waals surface area contributed by atoms with Crippen molar-refractivity contribution in [3.05, 3.63) is 39.6 Å². The van der Waals surface area contributed by atoms with E-state index >= 15 is 0 Å². The summed E-state index contributed by atoms with van der Waals surface area (Å²) < 4.78 is 1.17. The van der Waals surface area contributed by atoms with E-state index in [-0.39, 0.29) is 6.04 Å². The van der Waals surface area contributed by atoms with Crippen LogP contribution in [0.25, 0.3) is 0 Å². The van der Waals surface area contributed by atoms with Crippen LogP contribution in [0.15, 0.2) is 12.1 Å². The number of benzene rings is 1. The maximum absolute atomic E-state index is 12.7. The molecule has 0 aromatic heterocycles. The van der Waals surface area contributed by atoms with Gasteiger partial charge in [-0.2, -0.15) is 0 Å². The molecule has 0 bridgehead atoms. The van der Waals surface area contributed by atoms with Gasteiger partial charge in [-0.3, -0.25) is 0 Å². The van der Waals surface area contributed by atoms with E-state index < -0.39 is 0 Å². The van der Waals surface area contributed by atoms with Gasteiger partial charge in [-0.1, -0.05) is 67.5 Å². The summed E-state index contributed by atoms with van der Waals surface area (Å²) in [6.07, 6.45) is 2.64. The van der Waals surface area contributed by atoms with Crippen molar-refractivity contribution >= 4 is 6.21 Å². The molecule has 1 aromatic carbocycles. The highest BCUT2D eigenvalue weighted by Gasteiger charge is 2.25. The number of rotatable bonds is 7. The first-order valence-corrected chi connectivity index (χ1v) is 9.52. The Bertz CT molecular complexity index is 538. The van der Waals surface area contributed by atoms with Crippen molar-refractivity contribution in [2.24, 2.45) is 5.92 Å². The third-order valence-electron chi connectivity index (χ3n) is 4.73. The molecule has 0 aliphatic carbocycles. The number of hydrogen-bond donors (Lipinski definition) is 0. The second-order valence-corrected chi connectivity index (χ2v) is 8.43. The molecule has 2 heteroatoms. The van der Waals surface area contributed by atoms with E-state index in [9.17, 15) is 5.21 Å². The third-order valence-corrected chi connectivity index (χ3v) is 4.73. The molecular weight excluding hydrogens is 294 g/mol. The van der Waals surface area contributed by atoms with Crippen LogP contribution in [0.2, 0.25) is 0 Å². The fourth-order valence-electron chi connectivity index (χ4n) is 3.09. The fourth-order valence-corrected chi connectivity index (χ4v) is 3.09. The van der Waals surface area contributed by atoms with Crippen LogP contribution in [0, 0.1) is 11.1 Å². The lowest BCUT2D eigenvalue weighted by atomic mass is 9.82. The summed E-state index contributed by atoms with van der Waals surface area (Å²) in [5.41, 5.74) is 5.27. The largest absolute Gasteiger partial charge is 0.624 e. The van der Waals surface area contributed by atoms with Crippen LogP contribution in [-0.4, -0.2) is 11.0 Å². The smallest absolute Gasteiger partial charge is 0.185 e. The van der Waals surface area contributed by atoms with E-state index in [2.05, 4.69) is 67.5 Å². The van der Waals surface area contributed by atoms with Crippen molar-refractivity contribution in [3.63, 3.8) is 0 Å². The molecule has 2 nitrogen and oxygen atoms in total. The van der Waals surface area contributed by atoms with Gasteiger partial charge >= 0.3 is 0 Å². The SMILES string of the molecule is CC(C)C/C=[N+](\[O-])[C@@H](C)c1c(C(C)C)cc(C(C)C)cc1C(C)C. The summed E-state index contributed by atoms with van der Waals surface area (Å²) in [5, 5.41) is 12.7. The standard InChI is InChI=1S/C22H37NO/c1-14(2)10-11-23(24)18(9)22-20(16(5)6)12-19(15(3)4)13-21(22)17(7)8/h11-18H,10H2,1-9H3/b23-11-/t18-/m0/s1. The van der Waals surface area contributed by atoms with Gasteiger partial charge in [0.1, 0.15) is 0 Å². The first kappa shape index (κ1) is 20.7. The highest BCUT2D eigenvalue weighted by Crippen LogP contribution is 2.36. The molecule has 1 rings (SSSR count). The molecule has 0 aliphatic heterocycles. The number of nitrogens with zero attached hydrogens (tertiary/aromatic N) is 1. The van der Waals surface area contributed by atoms with Crippen molar-refractivity contribution in [1.82, 2.24) is 0 Å². The second-order valence-electron chi connectivity index (χ2n) is 8.43. The Hall–Kier alpha value is -1.31. The Balaban J connectivity index is 3.51. The topological polar surface area (TPSA) is 26.1 Å². The summed E-state index contributed by atoms with van der Waals surface area (Å²) in [4.78, 5) is 0. The molecule has 136 valence electrons. The van der Waals surface area contributed by atoms with E-state index in [4.69, 9.17) is 0 Å². The lowest BCUT2D eigenvalue weighted by Gasteiger charge is -2.26. The van der Waals surface area contributed by atoms with E-state index in [0.717, 1.165) is 6.42 Å². The lowest BCUT2D eigenvalue weighted by Crippen LogP contribution is -2.17. The second kappa shape index (κ2) is 8.69. The van der Waals surface area contributed by atoms with Crippen molar-refractivity contribution in [2.75, 3.05) is 0 Å². The van der Waals surface area contributed by atoms with Crippen molar-refractivity contribution in [2.45, 2.75) is 92.5 Å². The summed E-state index contributed by atoms with van der Waals surface area (Å²) in [6, 6.07) is 4.51. The Morgan fingerprint density at radius 2 is 1.29 bits per heavy atom. The van der Waals surface area contributed by atoms with Gasteiger partial charge < -0.3 is 5.21 Å². The molecule has 0 spiro atoms. The van der Waals surface area contributed by atoms with E-state index in [1.165, 1.54) is 27.0 Å². The van der Waals surface area contributed by atoms with Gasteiger partial charge in [0.25, 0.3) is 0 Å². The quantitative estimate of drug-likeness (QED) is 0.235. The monoisotopic (exact) mass is 331 g/mol. The predicted octanol–water partition coefficient (Wildman–Crippen LogP) is 6.75. The van der Waals surface area contributed by atoms with Gasteiger partial charge in [0, 0.05) is 18.9 Å². The van der Waals surface area contributed by atoms with Crippen molar-refractivity contribution in [1.29, 1.82) is 0 Å². The molecule has 0 heterocycles. The summed E-state index contributed by atoms with van der Waals surface area (Å²) in [6.45, 7) is 19.7. The van der Waals surface area contributed by atoms with Gasteiger partial charge in [0.15, 0.2) is 12.3 Å². The van der Waals surface area contributed by atoms with Gasteiger partial charge in [-0.25, -0.2) is 4.74 Å². The third kappa shape index (κ3) is 5.09. The Kier molecular flexibility index (Phi) is 7.51. The average molecular weight is 332 g/mol. The molecular formula is C22H37NO. The Morgan fingerprint density at radius 1 is 0.833 bits per heavy atom. The number of hydroxylamine groups is 1. The Labute approximate surface area is 149 Å². The zero-order chi connectivity index (χ0) is 18.6. The molecule has 0 saturated heterocycles. The molecule has 0 aliphatic rings. The van der Waals surface area contributed by atoms with Crippen LogP contribution in [-0.2, 0) is 0 Å². The predicted molar refractivity (Wildman–Crippen MR) is 106 cm³/mol. The van der Waals surface area contributed by atoms with Crippen LogP contribution in [0.5, 0.6) is 0 Å². The first-order chi connectivity index (χ1) is 11.1. The molecule has 0 N–H and O–H groups in total. The van der Waals surface area contributed by atoms with Crippen LogP contribution < -0.4 is 0 Å². The van der Waals surface area contributed by atoms with Crippen molar-refractivity contribution in [3.8, 4) is 0 Å². The normalized spacial score (nSPS) is 14.3. The first-order valence-electron chi connectivity index (χ1n) is 9.52. The molecule has 1 atom stereocenters. The highest BCUT2D eigenvalue weighted by molar-refractivity contribution is 5.52. The van der Waals surface area contributed by atoms with Gasteiger partial charge in [0.05, 0.1) is 0 Å². The lowest BCUT2D eigenvalue weighted by molar-refractivity contribution is -0.500. The van der Waals surface area contributed by atoms with Crippen LogP contribution in [0.3, 0.4) is 0 Å². The average Bonchev–Trinajstić information content (AvgIpc) is 2.49. The van der Waals surface area contributed by atoms with Gasteiger partial charge in [-0.15, -0.1) is 0 Å². The molecule has 24 heavy (non-hydrogen) atoms. The van der Waals surface area contributed by atoms with Crippen LogP contribution in [0.4, 0.5) is 0 Å². The number of hydrogen-bond acceptors (Lipinski definition) is 1. The van der Waals surface area contributed by atoms with E-state index in [0.29, 0.717) is 23.7 Å². The Morgan fingerprint density at radius 3 is 1.62 bits per heavy atom. The zero-order valence-electron chi connectivity index (χ0n) is 17.2. The fraction of sp³-hybridized carbons (Fsp3) is 0.682. The maximum Gasteiger partial charge on any atom is 0.185 e. The summed E-state index contributed by atoms with van der Waals surface area (Å²) >= 11 is 0. The van der Waals surface area contributed by atoms with Crippen molar-refractivity contribution < 1.29 is 4.74 Å². The van der Waals surface area contributed by atoms with E-state index in [1.54, 1.807) is 0 Å². The van der Waals surface area contributed by atoms with E-state index in [1.807, 2.05) is 13.1 Å². The minimum atomic E-state index is -0.139. The van der Waals surface area contributed by atoms with Gasteiger partial charge in [0.2, 0.25) is 0 Å². The molecule has 1 aromatic rings. The summed E-state index contributed by atoms with van der Waals surface area (Å²) in [7, 11) is 0. The van der Waals surface area contributed by atoms with Crippen LogP contribution in [0.1, 0.15) is 115 Å². The van der Waals surface area contributed by atoms with Crippen LogP contribution >= 0.6 is 0 Å². The molecule has 0 amide bonds. The van der Waals surface area contributed by atoms with Gasteiger partial charge in [-0.05, 0) is 40.4 Å². The zero-order valence-corrected chi connectivity index (χ0v) is 17.2. The minimum absolute atomic E-state index is 0.139. The minimum Gasteiger partial charge on any atom is -0.624 e. The maximum atomic E-state index is 12.7. The molecule has 0 unspecified atom stereocenters. The molecule has 0 radical (unpaired) electrons.